The highest BCUT2D eigenvalue weighted by Gasteiger charge is 2.46. The molecule has 1 aromatic carbocycles. The molecular weight excluding hydrogens is 450 g/mol. The summed E-state index contributed by atoms with van der Waals surface area (Å²) in [6.45, 7) is 9.04. The molecule has 0 unspecified atom stereocenters. The Morgan fingerprint density at radius 3 is 2.40 bits per heavy atom. The molecule has 1 aromatic heterocycles. The van der Waals surface area contributed by atoms with Gasteiger partial charge < -0.3 is 24.5 Å². The van der Waals surface area contributed by atoms with Crippen molar-refractivity contribution in [2.24, 2.45) is 0 Å². The Kier molecular flexibility index (Phi) is 7.09. The monoisotopic (exact) mass is 481 g/mol. The lowest BCUT2D eigenvalue weighted by Crippen LogP contribution is -2.42. The second-order valence-electron chi connectivity index (χ2n) is 8.97. The van der Waals surface area contributed by atoms with Crippen LogP contribution in [0.1, 0.15) is 44.5 Å². The number of carbonyl (C=O) groups excluding carboxylic acids is 3. The number of hydrogen-bond acceptors (Lipinski definition) is 7. The van der Waals surface area contributed by atoms with Crippen LogP contribution in [0, 0.1) is 20.8 Å². The number of aryl methyl sites for hydroxylation is 2. The largest absolute Gasteiger partial charge is 0.507 e. The van der Waals surface area contributed by atoms with Crippen LogP contribution in [0.5, 0.6) is 0 Å². The van der Waals surface area contributed by atoms with E-state index < -0.39 is 23.7 Å². The van der Waals surface area contributed by atoms with Crippen LogP contribution in [-0.4, -0.2) is 84.1 Å². The van der Waals surface area contributed by atoms with E-state index in [2.05, 4.69) is 9.88 Å². The lowest BCUT2D eigenvalue weighted by atomic mass is 9.93. The third kappa shape index (κ3) is 4.61. The summed E-state index contributed by atoms with van der Waals surface area (Å²) in [4.78, 5) is 45.4. The Morgan fingerprint density at radius 2 is 1.77 bits per heavy atom. The smallest absolute Gasteiger partial charge is 0.354 e. The number of likely N-dealkylation sites (tertiary alicyclic amines) is 1. The third-order valence-electron chi connectivity index (χ3n) is 6.76. The number of ether oxygens (including phenoxy) is 2. The Balaban J connectivity index is 1.79. The van der Waals surface area contributed by atoms with E-state index in [1.165, 1.54) is 12.0 Å². The molecule has 2 N–H and O–H groups in total. The second-order valence-corrected chi connectivity index (χ2v) is 8.97. The van der Waals surface area contributed by atoms with E-state index in [1.807, 2.05) is 31.2 Å². The predicted octanol–water partition coefficient (Wildman–Crippen LogP) is 2.48. The number of carbonyl (C=O) groups is 3. The van der Waals surface area contributed by atoms with Crippen molar-refractivity contribution in [1.29, 1.82) is 0 Å². The predicted molar refractivity (Wildman–Crippen MR) is 129 cm³/mol. The molecule has 0 bridgehead atoms. The maximum absolute atomic E-state index is 13.3. The molecule has 0 saturated carbocycles. The fourth-order valence-electron chi connectivity index (χ4n) is 4.83. The van der Waals surface area contributed by atoms with Gasteiger partial charge in [0.2, 0.25) is 0 Å². The zero-order valence-electron chi connectivity index (χ0n) is 20.5. The Morgan fingerprint density at radius 1 is 1.11 bits per heavy atom. The molecule has 0 spiro atoms. The number of nitrogens with one attached hydrogen (secondary N) is 1. The zero-order chi connectivity index (χ0) is 25.3. The van der Waals surface area contributed by atoms with Crippen molar-refractivity contribution in [1.82, 2.24) is 14.8 Å². The van der Waals surface area contributed by atoms with E-state index in [0.717, 1.165) is 24.2 Å². The van der Waals surface area contributed by atoms with Gasteiger partial charge in [0.15, 0.2) is 0 Å². The van der Waals surface area contributed by atoms with Crippen LogP contribution in [0.3, 0.4) is 0 Å². The summed E-state index contributed by atoms with van der Waals surface area (Å²) in [5, 5.41) is 11.4. The van der Waals surface area contributed by atoms with Crippen LogP contribution in [0.4, 0.5) is 0 Å². The Bertz CT molecular complexity index is 1170. The van der Waals surface area contributed by atoms with Crippen molar-refractivity contribution >= 4 is 23.4 Å². The molecule has 2 aliphatic heterocycles. The van der Waals surface area contributed by atoms with Crippen LogP contribution >= 0.6 is 0 Å². The van der Waals surface area contributed by atoms with E-state index in [-0.39, 0.29) is 17.0 Å². The lowest BCUT2D eigenvalue weighted by Gasteiger charge is -2.31. The van der Waals surface area contributed by atoms with Gasteiger partial charge in [0.05, 0.1) is 31.9 Å². The van der Waals surface area contributed by atoms with Gasteiger partial charge in [-0.3, -0.25) is 14.5 Å². The third-order valence-corrected chi connectivity index (χ3v) is 6.76. The van der Waals surface area contributed by atoms with Crippen molar-refractivity contribution in [2.45, 2.75) is 26.8 Å². The van der Waals surface area contributed by atoms with Crippen LogP contribution in [-0.2, 0) is 19.1 Å². The number of rotatable bonds is 6. The molecule has 2 aromatic rings. The van der Waals surface area contributed by atoms with Gasteiger partial charge >= 0.3 is 5.97 Å². The number of aromatic nitrogens is 1. The zero-order valence-corrected chi connectivity index (χ0v) is 20.5. The van der Waals surface area contributed by atoms with Gasteiger partial charge in [0.1, 0.15) is 11.5 Å². The van der Waals surface area contributed by atoms with Gasteiger partial charge in [0, 0.05) is 37.4 Å². The average Bonchev–Trinajstić information content (AvgIpc) is 3.30. The van der Waals surface area contributed by atoms with Gasteiger partial charge in [-0.1, -0.05) is 29.8 Å². The number of morpholine rings is 1. The molecule has 3 heterocycles. The number of aromatic amines is 1. The highest BCUT2D eigenvalue weighted by atomic mass is 16.5. The molecule has 1 atom stereocenters. The highest BCUT2D eigenvalue weighted by Crippen LogP contribution is 2.40. The number of aliphatic hydroxyl groups is 1. The standard InChI is InChI=1S/C26H31N3O6/c1-15-5-7-18(8-6-15)22-20(23(30)19-16(2)21(26(33)34-4)27-17(19)3)24(31)25(32)29(22)10-9-28-11-13-35-14-12-28/h5-8,22,27,30H,9-14H2,1-4H3/t22-/m1/s1. The van der Waals surface area contributed by atoms with Gasteiger partial charge in [-0.2, -0.15) is 0 Å². The number of Topliss-reactive ketones (excluding diaryl/α,β-unsaturated/α-hetero) is 1. The van der Waals surface area contributed by atoms with Crippen molar-refractivity contribution in [3.63, 3.8) is 0 Å². The van der Waals surface area contributed by atoms with Crippen LogP contribution in [0.25, 0.3) is 5.76 Å². The molecular formula is C26H31N3O6. The summed E-state index contributed by atoms with van der Waals surface area (Å²) in [5.41, 5.74) is 3.27. The first kappa shape index (κ1) is 24.7. The number of amides is 1. The minimum absolute atomic E-state index is 0.0162. The van der Waals surface area contributed by atoms with E-state index in [9.17, 15) is 19.5 Å². The number of methoxy groups -OCH3 is 1. The van der Waals surface area contributed by atoms with E-state index in [4.69, 9.17) is 9.47 Å². The molecule has 186 valence electrons. The summed E-state index contributed by atoms with van der Waals surface area (Å²) in [6, 6.07) is 6.83. The summed E-state index contributed by atoms with van der Waals surface area (Å²) in [7, 11) is 1.27. The molecule has 9 nitrogen and oxygen atoms in total. The Labute approximate surface area is 204 Å². The number of ketones is 1. The Hall–Kier alpha value is -3.43. The number of benzene rings is 1. The maximum Gasteiger partial charge on any atom is 0.354 e. The maximum atomic E-state index is 13.3. The molecule has 2 aliphatic rings. The molecule has 9 heteroatoms. The normalized spacial score (nSPS) is 20.5. The van der Waals surface area contributed by atoms with Gasteiger partial charge in [-0.15, -0.1) is 0 Å². The number of nitrogens with zero attached hydrogens (tertiary/aromatic N) is 2. The minimum atomic E-state index is -0.744. The number of H-pyrrole nitrogens is 1. The van der Waals surface area contributed by atoms with Gasteiger partial charge in [-0.25, -0.2) is 4.79 Å². The van der Waals surface area contributed by atoms with Crippen molar-refractivity contribution in [2.75, 3.05) is 46.5 Å². The molecule has 0 radical (unpaired) electrons. The van der Waals surface area contributed by atoms with Crippen LogP contribution in [0.2, 0.25) is 0 Å². The summed E-state index contributed by atoms with van der Waals surface area (Å²) < 4.78 is 10.2. The fraction of sp³-hybridized carbons (Fsp3) is 0.423. The average molecular weight is 482 g/mol. The van der Waals surface area contributed by atoms with E-state index in [1.54, 1.807) is 13.8 Å². The van der Waals surface area contributed by atoms with Crippen molar-refractivity contribution in [3.8, 4) is 0 Å². The second kappa shape index (κ2) is 10.1. The topological polar surface area (TPSA) is 112 Å². The van der Waals surface area contributed by atoms with Gasteiger partial charge in [0.25, 0.3) is 11.7 Å². The summed E-state index contributed by atoms with van der Waals surface area (Å²) in [5.74, 6) is -2.27. The molecule has 4 rings (SSSR count). The highest BCUT2D eigenvalue weighted by molar-refractivity contribution is 6.46. The summed E-state index contributed by atoms with van der Waals surface area (Å²) in [6.07, 6.45) is 0. The first-order chi connectivity index (χ1) is 16.7. The first-order valence-corrected chi connectivity index (χ1v) is 11.7. The first-order valence-electron chi connectivity index (χ1n) is 11.7. The van der Waals surface area contributed by atoms with Crippen LogP contribution < -0.4 is 0 Å². The number of hydrogen-bond donors (Lipinski definition) is 2. The number of aliphatic hydroxyl groups excluding tert-OH is 1. The molecule has 2 saturated heterocycles. The number of esters is 1. The molecule has 2 fully saturated rings. The van der Waals surface area contributed by atoms with E-state index in [0.29, 0.717) is 43.1 Å². The van der Waals surface area contributed by atoms with Crippen LogP contribution in [0.15, 0.2) is 29.8 Å². The fourth-order valence-corrected chi connectivity index (χ4v) is 4.83. The molecule has 1 amide bonds. The quantitative estimate of drug-likeness (QED) is 0.282. The van der Waals surface area contributed by atoms with Gasteiger partial charge in [-0.05, 0) is 31.9 Å². The molecule has 0 aliphatic carbocycles. The van der Waals surface area contributed by atoms with Crippen molar-refractivity contribution in [3.05, 3.63) is 63.5 Å². The molecule has 35 heavy (non-hydrogen) atoms. The minimum Gasteiger partial charge on any atom is -0.507 e. The van der Waals surface area contributed by atoms with Crippen molar-refractivity contribution < 1.29 is 29.0 Å². The lowest BCUT2D eigenvalue weighted by molar-refractivity contribution is -0.140. The van der Waals surface area contributed by atoms with E-state index >= 15 is 0 Å². The summed E-state index contributed by atoms with van der Waals surface area (Å²) >= 11 is 0. The SMILES string of the molecule is COC(=O)c1[nH]c(C)c(C(O)=C2C(=O)C(=O)N(CCN3CCOCC3)[C@@H]2c2ccc(C)cc2)c1C.